The molecule has 0 aliphatic rings. The molecule has 0 bridgehead atoms. The Balaban J connectivity index is 2.34. The first-order valence-electron chi connectivity index (χ1n) is 5.31. The highest BCUT2D eigenvalue weighted by atomic mass is 79.9. The van der Waals surface area contributed by atoms with Gasteiger partial charge in [0.05, 0.1) is 11.6 Å². The van der Waals surface area contributed by atoms with Crippen LogP contribution in [0.4, 0.5) is 0 Å². The highest BCUT2D eigenvalue weighted by Crippen LogP contribution is 2.33. The lowest BCUT2D eigenvalue weighted by Gasteiger charge is -2.09. The van der Waals surface area contributed by atoms with Gasteiger partial charge in [0, 0.05) is 6.20 Å². The minimum Gasteiger partial charge on any atom is -0.497 e. The van der Waals surface area contributed by atoms with Gasteiger partial charge in [-0.15, -0.1) is 0 Å². The van der Waals surface area contributed by atoms with Crippen molar-refractivity contribution >= 4 is 21.9 Å². The van der Waals surface area contributed by atoms with Crippen LogP contribution >= 0.6 is 15.9 Å². The molecule has 0 unspecified atom stereocenters. The van der Waals surface area contributed by atoms with Gasteiger partial charge < -0.3 is 14.6 Å². The van der Waals surface area contributed by atoms with E-state index in [0.29, 0.717) is 16.0 Å². The van der Waals surface area contributed by atoms with E-state index in [4.69, 9.17) is 14.6 Å². The third-order valence-corrected chi connectivity index (χ3v) is 2.97. The number of nitrogens with zero attached hydrogens (tertiary/aromatic N) is 1. The summed E-state index contributed by atoms with van der Waals surface area (Å²) in [7, 11) is 1.56. The van der Waals surface area contributed by atoms with Crippen molar-refractivity contribution in [3.8, 4) is 17.4 Å². The third kappa shape index (κ3) is 3.03. The van der Waals surface area contributed by atoms with E-state index in [0.717, 1.165) is 0 Å². The number of halogens is 1. The first-order chi connectivity index (χ1) is 9.11. The summed E-state index contributed by atoms with van der Waals surface area (Å²) >= 11 is 3.33. The normalized spacial score (nSPS) is 10.0. The number of benzene rings is 1. The number of carboxylic acids is 1. The fourth-order valence-corrected chi connectivity index (χ4v) is 1.87. The number of aromatic carboxylic acids is 1. The summed E-state index contributed by atoms with van der Waals surface area (Å²) in [5, 5.41) is 9.04. The summed E-state index contributed by atoms with van der Waals surface area (Å²) in [5.41, 5.74) is 0.00483. The zero-order valence-electron chi connectivity index (χ0n) is 9.96. The molecule has 0 saturated carbocycles. The smallest absolute Gasteiger partial charge is 0.341 e. The number of hydrogen-bond acceptors (Lipinski definition) is 4. The number of pyridine rings is 1. The van der Waals surface area contributed by atoms with Gasteiger partial charge in [0.15, 0.2) is 0 Å². The molecule has 1 aromatic carbocycles. The predicted octanol–water partition coefficient (Wildman–Crippen LogP) is 3.34. The molecule has 0 spiro atoms. The van der Waals surface area contributed by atoms with Crippen LogP contribution in [0.1, 0.15) is 10.4 Å². The maximum absolute atomic E-state index is 11.0. The summed E-state index contributed by atoms with van der Waals surface area (Å²) in [4.78, 5) is 15.0. The Kier molecular flexibility index (Phi) is 4.01. The van der Waals surface area contributed by atoms with E-state index in [2.05, 4.69) is 20.9 Å². The van der Waals surface area contributed by atoms with Crippen LogP contribution in [0.5, 0.6) is 17.4 Å². The molecule has 2 rings (SSSR count). The first-order valence-corrected chi connectivity index (χ1v) is 6.11. The van der Waals surface area contributed by atoms with Gasteiger partial charge in [-0.2, -0.15) is 0 Å². The number of carbonyl (C=O) groups is 1. The second-order valence-corrected chi connectivity index (χ2v) is 4.41. The van der Waals surface area contributed by atoms with Crippen LogP contribution in [0.25, 0.3) is 0 Å². The lowest BCUT2D eigenvalue weighted by atomic mass is 10.3. The van der Waals surface area contributed by atoms with Gasteiger partial charge in [-0.1, -0.05) is 0 Å². The van der Waals surface area contributed by atoms with Crippen molar-refractivity contribution in [1.29, 1.82) is 0 Å². The molecule has 0 aliphatic carbocycles. The maximum atomic E-state index is 11.0. The Hall–Kier alpha value is -2.08. The van der Waals surface area contributed by atoms with E-state index in [9.17, 15) is 4.79 Å². The van der Waals surface area contributed by atoms with Crippen molar-refractivity contribution in [3.63, 3.8) is 0 Å². The molecule has 5 nitrogen and oxygen atoms in total. The van der Waals surface area contributed by atoms with Gasteiger partial charge in [-0.25, -0.2) is 9.78 Å². The summed E-state index contributed by atoms with van der Waals surface area (Å²) in [6.45, 7) is 0. The molecule has 0 aliphatic heterocycles. The number of ether oxygens (including phenoxy) is 2. The van der Waals surface area contributed by atoms with E-state index in [1.807, 2.05) is 0 Å². The number of rotatable bonds is 4. The number of methoxy groups -OCH3 is 1. The van der Waals surface area contributed by atoms with Crippen molar-refractivity contribution < 1.29 is 19.4 Å². The highest BCUT2D eigenvalue weighted by Gasteiger charge is 2.14. The van der Waals surface area contributed by atoms with Gasteiger partial charge in [0.2, 0.25) is 5.88 Å². The Labute approximate surface area is 117 Å². The average Bonchev–Trinajstić information content (AvgIpc) is 2.41. The molecular weight excluding hydrogens is 314 g/mol. The van der Waals surface area contributed by atoms with Crippen LogP contribution in [0, 0.1) is 0 Å². The molecule has 0 saturated heterocycles. The van der Waals surface area contributed by atoms with Crippen molar-refractivity contribution in [1.82, 2.24) is 4.98 Å². The van der Waals surface area contributed by atoms with Crippen molar-refractivity contribution in [3.05, 3.63) is 46.6 Å². The molecule has 98 valence electrons. The van der Waals surface area contributed by atoms with Gasteiger partial charge in [0.1, 0.15) is 17.1 Å². The van der Waals surface area contributed by atoms with Crippen LogP contribution in [0.2, 0.25) is 0 Å². The summed E-state index contributed by atoms with van der Waals surface area (Å²) in [6, 6.07) is 8.08. The molecule has 1 heterocycles. The second-order valence-electron chi connectivity index (χ2n) is 3.56. The lowest BCUT2D eigenvalue weighted by molar-refractivity contribution is 0.0693. The van der Waals surface area contributed by atoms with Crippen LogP contribution in [-0.2, 0) is 0 Å². The molecule has 1 N–H and O–H groups in total. The molecule has 2 aromatic rings. The van der Waals surface area contributed by atoms with Gasteiger partial charge in [-0.05, 0) is 46.3 Å². The van der Waals surface area contributed by atoms with E-state index in [-0.39, 0.29) is 11.4 Å². The average molecular weight is 324 g/mol. The minimum absolute atomic E-state index is 0.00483. The minimum atomic E-state index is -1.09. The maximum Gasteiger partial charge on any atom is 0.341 e. The molecule has 0 fully saturated rings. The summed E-state index contributed by atoms with van der Waals surface area (Å²) in [5.74, 6) is 0.0781. The molecule has 19 heavy (non-hydrogen) atoms. The fraction of sp³-hybridized carbons (Fsp3) is 0.0769. The Morgan fingerprint density at radius 3 is 2.79 bits per heavy atom. The lowest BCUT2D eigenvalue weighted by Crippen LogP contribution is -2.01. The van der Waals surface area contributed by atoms with Crippen molar-refractivity contribution in [2.24, 2.45) is 0 Å². The standard InChI is InChI=1S/C13H10BrNO4/c1-18-8-4-5-11(10(14)7-8)19-12-9(13(16)17)3-2-6-15-12/h2-7H,1H3,(H,16,17). The molecule has 1 aromatic heterocycles. The van der Waals surface area contributed by atoms with Crippen molar-refractivity contribution in [2.75, 3.05) is 7.11 Å². The summed E-state index contributed by atoms with van der Waals surface area (Å²) < 4.78 is 11.2. The van der Waals surface area contributed by atoms with E-state index < -0.39 is 5.97 Å². The Bertz CT molecular complexity index is 615. The Morgan fingerprint density at radius 2 is 2.16 bits per heavy atom. The topological polar surface area (TPSA) is 68.7 Å². The molecule has 0 atom stereocenters. The van der Waals surface area contributed by atoms with Gasteiger partial charge in [-0.3, -0.25) is 0 Å². The molecule has 6 heteroatoms. The Morgan fingerprint density at radius 1 is 1.37 bits per heavy atom. The highest BCUT2D eigenvalue weighted by molar-refractivity contribution is 9.10. The van der Waals surface area contributed by atoms with Crippen molar-refractivity contribution in [2.45, 2.75) is 0 Å². The zero-order valence-corrected chi connectivity index (χ0v) is 11.5. The number of carboxylic acid groups (broad SMARTS) is 1. The van der Waals surface area contributed by atoms with E-state index in [1.165, 1.54) is 12.3 Å². The predicted molar refractivity (Wildman–Crippen MR) is 72.0 cm³/mol. The summed E-state index contributed by atoms with van der Waals surface area (Å²) in [6.07, 6.45) is 1.47. The SMILES string of the molecule is COc1ccc(Oc2ncccc2C(=O)O)c(Br)c1. The van der Waals surface area contributed by atoms with Crippen LogP contribution in [0.3, 0.4) is 0 Å². The van der Waals surface area contributed by atoms with Gasteiger partial charge in [0.25, 0.3) is 0 Å². The first kappa shape index (κ1) is 13.4. The van der Waals surface area contributed by atoms with E-state index >= 15 is 0 Å². The second kappa shape index (κ2) is 5.71. The number of aromatic nitrogens is 1. The number of hydrogen-bond donors (Lipinski definition) is 1. The molecular formula is C13H10BrNO4. The van der Waals surface area contributed by atoms with Crippen LogP contribution in [-0.4, -0.2) is 23.2 Å². The van der Waals surface area contributed by atoms with Crippen LogP contribution < -0.4 is 9.47 Å². The molecule has 0 radical (unpaired) electrons. The van der Waals surface area contributed by atoms with Gasteiger partial charge >= 0.3 is 5.97 Å². The largest absolute Gasteiger partial charge is 0.497 e. The zero-order chi connectivity index (χ0) is 13.8. The van der Waals surface area contributed by atoms with E-state index in [1.54, 1.807) is 31.4 Å². The van der Waals surface area contributed by atoms with Crippen LogP contribution in [0.15, 0.2) is 41.0 Å². The molecule has 0 amide bonds. The monoisotopic (exact) mass is 323 g/mol. The third-order valence-electron chi connectivity index (χ3n) is 2.35. The quantitative estimate of drug-likeness (QED) is 0.934. The fourth-order valence-electron chi connectivity index (χ4n) is 1.43.